The molecule has 20 heavy (non-hydrogen) atoms. The van der Waals surface area contributed by atoms with Crippen molar-refractivity contribution in [3.05, 3.63) is 24.0 Å². The third-order valence-electron chi connectivity index (χ3n) is 3.35. The Labute approximate surface area is 117 Å². The Balaban J connectivity index is 1.87. The van der Waals surface area contributed by atoms with Crippen molar-refractivity contribution in [3.8, 4) is 0 Å². The summed E-state index contributed by atoms with van der Waals surface area (Å²) in [5.41, 5.74) is 0.541. The first-order chi connectivity index (χ1) is 9.66. The molecule has 0 bridgehead atoms. The van der Waals surface area contributed by atoms with Gasteiger partial charge in [-0.1, -0.05) is 0 Å². The molecule has 1 aromatic heterocycles. The Bertz CT molecular complexity index is 466. The van der Waals surface area contributed by atoms with Gasteiger partial charge in [-0.2, -0.15) is 10.2 Å². The van der Waals surface area contributed by atoms with Crippen molar-refractivity contribution < 1.29 is 14.7 Å². The number of carboxylic acid groups (broad SMARTS) is 1. The normalized spacial score (nSPS) is 18.8. The Hall–Kier alpha value is -2.02. The van der Waals surface area contributed by atoms with Crippen molar-refractivity contribution in [2.45, 2.75) is 12.8 Å². The Kier molecular flexibility index (Phi) is 5.00. The second kappa shape index (κ2) is 6.95. The first-order valence-electron chi connectivity index (χ1n) is 6.65. The van der Waals surface area contributed by atoms with E-state index in [-0.39, 0.29) is 12.5 Å². The standard InChI is InChI=1S/C13H18N4O3/c18-12(19)8-14-6-10-2-1-5-17(9-10)13(20)11-3-4-15-16-7-11/h3-4,7,10,14H,1-2,5-6,8-9H2,(H,18,19). The molecule has 0 radical (unpaired) electrons. The van der Waals surface area contributed by atoms with E-state index in [1.807, 2.05) is 0 Å². The number of rotatable bonds is 5. The lowest BCUT2D eigenvalue weighted by Crippen LogP contribution is -2.43. The fraction of sp³-hybridized carbons (Fsp3) is 0.538. The average molecular weight is 278 g/mol. The molecule has 2 rings (SSSR count). The highest BCUT2D eigenvalue weighted by atomic mass is 16.4. The van der Waals surface area contributed by atoms with Gasteiger partial charge >= 0.3 is 5.97 Å². The van der Waals surface area contributed by atoms with Crippen LogP contribution in [0.2, 0.25) is 0 Å². The second-order valence-corrected chi connectivity index (χ2v) is 4.92. The predicted octanol–water partition coefficient (Wildman–Crippen LogP) is 0.00300. The number of nitrogens with one attached hydrogen (secondary N) is 1. The fourth-order valence-electron chi connectivity index (χ4n) is 2.40. The van der Waals surface area contributed by atoms with Gasteiger partial charge in [0.25, 0.3) is 5.91 Å². The van der Waals surface area contributed by atoms with Gasteiger partial charge in [0.1, 0.15) is 0 Å². The van der Waals surface area contributed by atoms with Crippen molar-refractivity contribution >= 4 is 11.9 Å². The summed E-state index contributed by atoms with van der Waals surface area (Å²) in [5.74, 6) is -0.610. The maximum atomic E-state index is 12.3. The molecule has 0 spiro atoms. The molecule has 1 atom stereocenters. The summed E-state index contributed by atoms with van der Waals surface area (Å²) in [6.45, 7) is 1.95. The molecule has 0 aromatic carbocycles. The minimum absolute atomic E-state index is 0.0390. The van der Waals surface area contributed by atoms with Crippen molar-refractivity contribution in [2.75, 3.05) is 26.2 Å². The lowest BCUT2D eigenvalue weighted by atomic mass is 9.97. The zero-order valence-electron chi connectivity index (χ0n) is 11.2. The molecule has 0 aliphatic carbocycles. The largest absolute Gasteiger partial charge is 0.480 e. The zero-order valence-corrected chi connectivity index (χ0v) is 11.2. The zero-order chi connectivity index (χ0) is 14.4. The van der Waals surface area contributed by atoms with E-state index in [4.69, 9.17) is 5.11 Å². The van der Waals surface area contributed by atoms with Crippen molar-refractivity contribution in [3.63, 3.8) is 0 Å². The summed E-state index contributed by atoms with van der Waals surface area (Å²) < 4.78 is 0. The number of hydrogen-bond acceptors (Lipinski definition) is 5. The molecule has 108 valence electrons. The van der Waals surface area contributed by atoms with Gasteiger partial charge in [0.2, 0.25) is 0 Å². The monoisotopic (exact) mass is 278 g/mol. The molecule has 1 amide bonds. The van der Waals surface area contributed by atoms with E-state index in [1.165, 1.54) is 12.4 Å². The molecule has 0 saturated carbocycles. The number of aromatic nitrogens is 2. The maximum Gasteiger partial charge on any atom is 0.317 e. The minimum atomic E-state index is -0.864. The molecule has 1 aliphatic heterocycles. The number of piperidine rings is 1. The molecule has 7 heteroatoms. The molecule has 2 N–H and O–H groups in total. The van der Waals surface area contributed by atoms with Crippen LogP contribution in [0, 0.1) is 5.92 Å². The number of aliphatic carboxylic acids is 1. The minimum Gasteiger partial charge on any atom is -0.480 e. The van der Waals surface area contributed by atoms with Crippen LogP contribution in [0.15, 0.2) is 18.5 Å². The molecular formula is C13H18N4O3. The maximum absolute atomic E-state index is 12.3. The fourth-order valence-corrected chi connectivity index (χ4v) is 2.40. The topological polar surface area (TPSA) is 95.4 Å². The summed E-state index contributed by atoms with van der Waals surface area (Å²) in [6.07, 6.45) is 4.91. The number of hydrogen-bond donors (Lipinski definition) is 2. The van der Waals surface area contributed by atoms with Crippen LogP contribution in [0.4, 0.5) is 0 Å². The van der Waals surface area contributed by atoms with E-state index in [2.05, 4.69) is 15.5 Å². The van der Waals surface area contributed by atoms with Crippen LogP contribution in [0.1, 0.15) is 23.2 Å². The van der Waals surface area contributed by atoms with Gasteiger partial charge in [-0.05, 0) is 24.8 Å². The Morgan fingerprint density at radius 3 is 3.00 bits per heavy atom. The van der Waals surface area contributed by atoms with Gasteiger partial charge in [-0.15, -0.1) is 0 Å². The van der Waals surface area contributed by atoms with E-state index in [9.17, 15) is 9.59 Å². The lowest BCUT2D eigenvalue weighted by Gasteiger charge is -2.32. The summed E-state index contributed by atoms with van der Waals surface area (Å²) in [7, 11) is 0. The van der Waals surface area contributed by atoms with Crippen molar-refractivity contribution in [2.24, 2.45) is 5.92 Å². The molecule has 1 aromatic rings. The van der Waals surface area contributed by atoms with Crippen molar-refractivity contribution in [1.29, 1.82) is 0 Å². The summed E-state index contributed by atoms with van der Waals surface area (Å²) in [4.78, 5) is 24.5. The molecular weight excluding hydrogens is 260 g/mol. The van der Waals surface area contributed by atoms with Crippen LogP contribution in [0.25, 0.3) is 0 Å². The van der Waals surface area contributed by atoms with Gasteiger partial charge in [0.15, 0.2) is 0 Å². The molecule has 2 heterocycles. The molecule has 1 aliphatic rings. The average Bonchev–Trinajstić information content (AvgIpc) is 2.47. The number of nitrogens with zero attached hydrogens (tertiary/aromatic N) is 3. The number of carbonyl (C=O) groups excluding carboxylic acids is 1. The Morgan fingerprint density at radius 2 is 2.30 bits per heavy atom. The molecule has 1 unspecified atom stereocenters. The van der Waals surface area contributed by atoms with Crippen LogP contribution >= 0.6 is 0 Å². The van der Waals surface area contributed by atoms with Crippen LogP contribution in [0.5, 0.6) is 0 Å². The van der Waals surface area contributed by atoms with Gasteiger partial charge in [0, 0.05) is 19.6 Å². The highest BCUT2D eigenvalue weighted by Crippen LogP contribution is 2.17. The number of amides is 1. The highest BCUT2D eigenvalue weighted by molar-refractivity contribution is 5.93. The molecule has 1 fully saturated rings. The van der Waals surface area contributed by atoms with Gasteiger partial charge in [-0.3, -0.25) is 9.59 Å². The summed E-state index contributed by atoms with van der Waals surface area (Å²) in [5, 5.41) is 18.9. The third-order valence-corrected chi connectivity index (χ3v) is 3.35. The third kappa shape index (κ3) is 3.99. The SMILES string of the molecule is O=C(O)CNCC1CCCN(C(=O)c2ccnnc2)C1. The first kappa shape index (κ1) is 14.4. The van der Waals surface area contributed by atoms with E-state index in [0.717, 1.165) is 19.4 Å². The number of carbonyl (C=O) groups is 2. The summed E-state index contributed by atoms with van der Waals surface area (Å²) >= 11 is 0. The van der Waals surface area contributed by atoms with E-state index in [1.54, 1.807) is 11.0 Å². The first-order valence-corrected chi connectivity index (χ1v) is 6.65. The predicted molar refractivity (Wildman–Crippen MR) is 71.2 cm³/mol. The number of likely N-dealkylation sites (tertiary alicyclic amines) is 1. The van der Waals surface area contributed by atoms with Gasteiger partial charge in [0.05, 0.1) is 24.5 Å². The van der Waals surface area contributed by atoms with E-state index >= 15 is 0 Å². The van der Waals surface area contributed by atoms with Crippen LogP contribution in [-0.4, -0.2) is 58.3 Å². The van der Waals surface area contributed by atoms with Gasteiger partial charge < -0.3 is 15.3 Å². The quantitative estimate of drug-likeness (QED) is 0.787. The highest BCUT2D eigenvalue weighted by Gasteiger charge is 2.24. The van der Waals surface area contributed by atoms with E-state index < -0.39 is 5.97 Å². The lowest BCUT2D eigenvalue weighted by molar-refractivity contribution is -0.136. The number of carboxylic acids is 1. The molecule has 1 saturated heterocycles. The van der Waals surface area contributed by atoms with Crippen LogP contribution in [0.3, 0.4) is 0 Å². The van der Waals surface area contributed by atoms with Crippen LogP contribution in [-0.2, 0) is 4.79 Å². The molecule has 7 nitrogen and oxygen atoms in total. The Morgan fingerprint density at radius 1 is 1.45 bits per heavy atom. The van der Waals surface area contributed by atoms with Crippen molar-refractivity contribution in [1.82, 2.24) is 20.4 Å². The summed E-state index contributed by atoms with van der Waals surface area (Å²) in [6, 6.07) is 1.65. The smallest absolute Gasteiger partial charge is 0.317 e. The van der Waals surface area contributed by atoms with Crippen LogP contribution < -0.4 is 5.32 Å². The van der Waals surface area contributed by atoms with Gasteiger partial charge in [-0.25, -0.2) is 0 Å². The second-order valence-electron chi connectivity index (χ2n) is 4.92. The van der Waals surface area contributed by atoms with E-state index in [0.29, 0.717) is 24.6 Å².